The van der Waals surface area contributed by atoms with E-state index in [2.05, 4.69) is 45.0 Å². The average molecular weight is 363 g/mol. The Hall–Kier alpha value is -2.88. The molecule has 0 saturated heterocycles. The first kappa shape index (κ1) is 18.9. The zero-order valence-corrected chi connectivity index (χ0v) is 16.2. The molecule has 3 rings (SSSR count). The second-order valence-electron chi connectivity index (χ2n) is 8.45. The van der Waals surface area contributed by atoms with Gasteiger partial charge < -0.3 is 10.3 Å². The van der Waals surface area contributed by atoms with E-state index in [9.17, 15) is 10.0 Å². The van der Waals surface area contributed by atoms with Crippen LogP contribution in [-0.4, -0.2) is 22.0 Å². The standard InChI is InChI=1S/C23H25NO3/c1-22(2)14-23(3,4)19-13-17(10-11-18(19)22)20(24-27)12-7-15-5-8-16(9-6-15)21(25)26/h5-13,27H,14H2,1-4H3,(H,25,26)/b12-7-,24-20?. The van der Waals surface area contributed by atoms with Gasteiger partial charge in [-0.05, 0) is 58.2 Å². The lowest BCUT2D eigenvalue weighted by molar-refractivity contribution is 0.0697. The summed E-state index contributed by atoms with van der Waals surface area (Å²) < 4.78 is 0. The van der Waals surface area contributed by atoms with Gasteiger partial charge in [-0.3, -0.25) is 0 Å². The number of fused-ring (bicyclic) bond motifs is 1. The van der Waals surface area contributed by atoms with Gasteiger partial charge in [0, 0.05) is 5.56 Å². The highest BCUT2D eigenvalue weighted by Crippen LogP contribution is 2.49. The summed E-state index contributed by atoms with van der Waals surface area (Å²) in [5.74, 6) is -0.952. The molecule has 0 aromatic heterocycles. The van der Waals surface area contributed by atoms with Crippen LogP contribution in [0.1, 0.15) is 66.7 Å². The summed E-state index contributed by atoms with van der Waals surface area (Å²) >= 11 is 0. The summed E-state index contributed by atoms with van der Waals surface area (Å²) in [6.45, 7) is 9.03. The molecule has 0 heterocycles. The third-order valence-electron chi connectivity index (χ3n) is 5.36. The average Bonchev–Trinajstić information content (AvgIpc) is 2.80. The van der Waals surface area contributed by atoms with Gasteiger partial charge in [-0.15, -0.1) is 0 Å². The van der Waals surface area contributed by atoms with Crippen LogP contribution in [0.2, 0.25) is 0 Å². The smallest absolute Gasteiger partial charge is 0.335 e. The number of oxime groups is 1. The molecule has 0 radical (unpaired) electrons. The van der Waals surface area contributed by atoms with E-state index in [0.717, 1.165) is 17.5 Å². The summed E-state index contributed by atoms with van der Waals surface area (Å²) in [6.07, 6.45) is 4.63. The maximum absolute atomic E-state index is 10.9. The lowest BCUT2D eigenvalue weighted by atomic mass is 9.82. The lowest BCUT2D eigenvalue weighted by Gasteiger charge is -2.22. The van der Waals surface area contributed by atoms with E-state index in [1.807, 2.05) is 12.1 Å². The van der Waals surface area contributed by atoms with Crippen molar-refractivity contribution < 1.29 is 15.1 Å². The molecule has 2 N–H and O–H groups in total. The predicted octanol–water partition coefficient (Wildman–Crippen LogP) is 5.24. The maximum atomic E-state index is 10.9. The fourth-order valence-corrected chi connectivity index (χ4v) is 4.25. The molecule has 0 unspecified atom stereocenters. The number of carboxylic acids is 1. The van der Waals surface area contributed by atoms with Crippen LogP contribution in [0.4, 0.5) is 0 Å². The molecule has 0 fully saturated rings. The molecule has 0 saturated carbocycles. The van der Waals surface area contributed by atoms with E-state index in [-0.39, 0.29) is 16.4 Å². The van der Waals surface area contributed by atoms with Crippen molar-refractivity contribution in [3.05, 3.63) is 76.4 Å². The summed E-state index contributed by atoms with van der Waals surface area (Å²) in [6, 6.07) is 12.8. The van der Waals surface area contributed by atoms with Gasteiger partial charge in [0.15, 0.2) is 0 Å². The molecule has 27 heavy (non-hydrogen) atoms. The van der Waals surface area contributed by atoms with E-state index >= 15 is 0 Å². The first-order chi connectivity index (χ1) is 12.6. The zero-order chi connectivity index (χ0) is 19.8. The monoisotopic (exact) mass is 363 g/mol. The number of hydrogen-bond acceptors (Lipinski definition) is 3. The summed E-state index contributed by atoms with van der Waals surface area (Å²) in [4.78, 5) is 10.9. The molecule has 4 heteroatoms. The quantitative estimate of drug-likeness (QED) is 0.444. The van der Waals surface area contributed by atoms with Crippen molar-refractivity contribution in [3.63, 3.8) is 0 Å². The third kappa shape index (κ3) is 3.65. The maximum Gasteiger partial charge on any atom is 0.335 e. The fourth-order valence-electron chi connectivity index (χ4n) is 4.25. The number of allylic oxidation sites excluding steroid dienone is 1. The molecule has 2 aromatic rings. The van der Waals surface area contributed by atoms with Crippen molar-refractivity contribution in [2.45, 2.75) is 44.9 Å². The summed E-state index contributed by atoms with van der Waals surface area (Å²) in [7, 11) is 0. The number of hydrogen-bond donors (Lipinski definition) is 2. The Morgan fingerprint density at radius 3 is 2.15 bits per heavy atom. The molecule has 140 valence electrons. The van der Waals surface area contributed by atoms with Gasteiger partial charge in [0.05, 0.1) is 5.56 Å². The Balaban J connectivity index is 1.90. The summed E-state index contributed by atoms with van der Waals surface area (Å²) in [5, 5.41) is 21.9. The van der Waals surface area contributed by atoms with Crippen LogP contribution >= 0.6 is 0 Å². The van der Waals surface area contributed by atoms with Crippen LogP contribution in [0.15, 0.2) is 53.7 Å². The highest BCUT2D eigenvalue weighted by atomic mass is 16.4. The van der Waals surface area contributed by atoms with Gasteiger partial charge in [0.1, 0.15) is 5.71 Å². The van der Waals surface area contributed by atoms with Crippen LogP contribution < -0.4 is 0 Å². The highest BCUT2D eigenvalue weighted by Gasteiger charge is 2.41. The Kier molecular flexibility index (Phi) is 4.68. The minimum Gasteiger partial charge on any atom is -0.478 e. The first-order valence-electron chi connectivity index (χ1n) is 9.03. The normalized spacial score (nSPS) is 17.9. The van der Waals surface area contributed by atoms with E-state index in [1.54, 1.807) is 30.3 Å². The van der Waals surface area contributed by atoms with Crippen LogP contribution in [-0.2, 0) is 10.8 Å². The van der Waals surface area contributed by atoms with Gasteiger partial charge in [-0.2, -0.15) is 0 Å². The van der Waals surface area contributed by atoms with Crippen molar-refractivity contribution in [3.8, 4) is 0 Å². The highest BCUT2D eigenvalue weighted by molar-refractivity contribution is 6.10. The lowest BCUT2D eigenvalue weighted by Crippen LogP contribution is -2.18. The minimum atomic E-state index is -0.952. The van der Waals surface area contributed by atoms with Crippen molar-refractivity contribution in [2.75, 3.05) is 0 Å². The molecule has 2 aromatic carbocycles. The largest absolute Gasteiger partial charge is 0.478 e. The molecular weight excluding hydrogens is 338 g/mol. The predicted molar refractivity (Wildman–Crippen MR) is 108 cm³/mol. The Morgan fingerprint density at radius 1 is 0.963 bits per heavy atom. The number of benzene rings is 2. The molecule has 0 bridgehead atoms. The molecule has 0 amide bonds. The van der Waals surface area contributed by atoms with Crippen LogP contribution in [0.25, 0.3) is 6.08 Å². The topological polar surface area (TPSA) is 69.9 Å². The number of carbonyl (C=O) groups is 1. The second kappa shape index (κ2) is 6.69. The van der Waals surface area contributed by atoms with Crippen molar-refractivity contribution in [1.82, 2.24) is 0 Å². The molecule has 0 aliphatic heterocycles. The van der Waals surface area contributed by atoms with Gasteiger partial charge in [-0.25, -0.2) is 4.79 Å². The van der Waals surface area contributed by atoms with Gasteiger partial charge in [0.2, 0.25) is 0 Å². The van der Waals surface area contributed by atoms with Crippen molar-refractivity contribution in [2.24, 2.45) is 5.16 Å². The number of carboxylic acid groups (broad SMARTS) is 1. The minimum absolute atomic E-state index is 0.0752. The van der Waals surface area contributed by atoms with Crippen LogP contribution in [0.3, 0.4) is 0 Å². The molecular formula is C23H25NO3. The number of nitrogens with zero attached hydrogens (tertiary/aromatic N) is 1. The summed E-state index contributed by atoms with van der Waals surface area (Å²) in [5.41, 5.74) is 5.27. The Morgan fingerprint density at radius 2 is 1.56 bits per heavy atom. The van der Waals surface area contributed by atoms with E-state index in [4.69, 9.17) is 5.11 Å². The SMILES string of the molecule is CC1(C)CC(C)(C)c2cc(C(/C=C\c3ccc(C(=O)O)cc3)=NO)ccc21. The van der Waals surface area contributed by atoms with Gasteiger partial charge >= 0.3 is 5.97 Å². The Labute approximate surface area is 159 Å². The van der Waals surface area contributed by atoms with Crippen molar-refractivity contribution >= 4 is 17.8 Å². The molecule has 4 nitrogen and oxygen atoms in total. The fraction of sp³-hybridized carbons (Fsp3) is 0.304. The third-order valence-corrected chi connectivity index (χ3v) is 5.36. The zero-order valence-electron chi connectivity index (χ0n) is 16.2. The van der Waals surface area contributed by atoms with Gasteiger partial charge in [-0.1, -0.05) is 63.2 Å². The molecule has 0 atom stereocenters. The van der Waals surface area contributed by atoms with Crippen molar-refractivity contribution in [1.29, 1.82) is 0 Å². The van der Waals surface area contributed by atoms with Gasteiger partial charge in [0.25, 0.3) is 0 Å². The second-order valence-corrected chi connectivity index (χ2v) is 8.45. The molecule has 0 spiro atoms. The van der Waals surface area contributed by atoms with E-state index in [1.165, 1.54) is 11.1 Å². The first-order valence-corrected chi connectivity index (χ1v) is 9.03. The van der Waals surface area contributed by atoms with Crippen LogP contribution in [0, 0.1) is 0 Å². The number of aromatic carboxylic acids is 1. The van der Waals surface area contributed by atoms with Crippen LogP contribution in [0.5, 0.6) is 0 Å². The van der Waals surface area contributed by atoms with E-state index in [0.29, 0.717) is 5.71 Å². The Bertz CT molecular complexity index is 935. The van der Waals surface area contributed by atoms with E-state index < -0.39 is 5.97 Å². The molecule has 1 aliphatic rings. The molecule has 1 aliphatic carbocycles. The number of rotatable bonds is 4.